The van der Waals surface area contributed by atoms with Crippen molar-refractivity contribution in [3.63, 3.8) is 0 Å². The average Bonchev–Trinajstić information content (AvgIpc) is 2.36. The molecule has 0 bridgehead atoms. The first-order valence-corrected chi connectivity index (χ1v) is 5.77. The quantitative estimate of drug-likeness (QED) is 0.640. The van der Waals surface area contributed by atoms with Gasteiger partial charge in [0, 0.05) is 12.6 Å². The summed E-state index contributed by atoms with van der Waals surface area (Å²) in [5.41, 5.74) is 0.346. The summed E-state index contributed by atoms with van der Waals surface area (Å²) in [5.74, 6) is 0.0274. The van der Waals surface area contributed by atoms with Crippen molar-refractivity contribution in [3.8, 4) is 0 Å². The van der Waals surface area contributed by atoms with Crippen LogP contribution in [0.1, 0.15) is 20.3 Å². The summed E-state index contributed by atoms with van der Waals surface area (Å²) >= 11 is 0. The third kappa shape index (κ3) is 3.08. The van der Waals surface area contributed by atoms with E-state index >= 15 is 0 Å². The van der Waals surface area contributed by atoms with E-state index in [1.165, 1.54) is 0 Å². The van der Waals surface area contributed by atoms with Crippen LogP contribution in [-0.4, -0.2) is 26.8 Å². The molecule has 3 N–H and O–H groups in total. The van der Waals surface area contributed by atoms with Gasteiger partial charge >= 0.3 is 0 Å². The van der Waals surface area contributed by atoms with Crippen LogP contribution >= 0.6 is 0 Å². The molecule has 0 aromatic rings. The maximum atomic E-state index is 10.5. The molecule has 1 rings (SSSR count). The van der Waals surface area contributed by atoms with Gasteiger partial charge in [0.2, 0.25) is 10.0 Å². The summed E-state index contributed by atoms with van der Waals surface area (Å²) in [6, 6.07) is 0.472. The van der Waals surface area contributed by atoms with Crippen molar-refractivity contribution in [2.24, 2.45) is 10.6 Å². The van der Waals surface area contributed by atoms with Gasteiger partial charge < -0.3 is 5.32 Å². The van der Waals surface area contributed by atoms with Gasteiger partial charge in [-0.05, 0) is 11.8 Å². The van der Waals surface area contributed by atoms with Crippen LogP contribution in [0.3, 0.4) is 0 Å². The zero-order valence-electron chi connectivity index (χ0n) is 7.50. The summed E-state index contributed by atoms with van der Waals surface area (Å²) in [4.78, 5) is 0. The lowest BCUT2D eigenvalue weighted by Crippen LogP contribution is -2.30. The smallest absolute Gasteiger partial charge is 0.210 e. The van der Waals surface area contributed by atoms with E-state index in [1.807, 2.05) is 0 Å². The minimum atomic E-state index is -3.29. The van der Waals surface area contributed by atoms with Gasteiger partial charge in [0.1, 0.15) is 0 Å². The standard InChI is InChI=1S/C7H16N2O2S/c1-7(2)5-6(7)9-3-4-12(8,10)11/h6,9H,3-5H2,1-2H3,(H2,8,10,11). The fourth-order valence-electron chi connectivity index (χ4n) is 1.19. The van der Waals surface area contributed by atoms with Crippen LogP contribution in [0.5, 0.6) is 0 Å². The zero-order valence-corrected chi connectivity index (χ0v) is 8.32. The van der Waals surface area contributed by atoms with Gasteiger partial charge in [0.25, 0.3) is 0 Å². The predicted molar refractivity (Wildman–Crippen MR) is 48.2 cm³/mol. The van der Waals surface area contributed by atoms with E-state index in [2.05, 4.69) is 19.2 Å². The highest BCUT2D eigenvalue weighted by molar-refractivity contribution is 7.89. The van der Waals surface area contributed by atoms with Gasteiger partial charge in [0.15, 0.2) is 0 Å². The van der Waals surface area contributed by atoms with Crippen LogP contribution in [0.4, 0.5) is 0 Å². The molecule has 1 saturated carbocycles. The van der Waals surface area contributed by atoms with Crippen molar-refractivity contribution in [2.45, 2.75) is 26.3 Å². The molecule has 0 amide bonds. The third-order valence-electron chi connectivity index (χ3n) is 2.29. The van der Waals surface area contributed by atoms with Crippen molar-refractivity contribution in [3.05, 3.63) is 0 Å². The molecule has 4 nitrogen and oxygen atoms in total. The van der Waals surface area contributed by atoms with Crippen LogP contribution < -0.4 is 10.5 Å². The lowest BCUT2D eigenvalue weighted by atomic mass is 10.2. The highest BCUT2D eigenvalue weighted by atomic mass is 32.2. The summed E-state index contributed by atoms with van der Waals surface area (Å²) in [5, 5.41) is 7.99. The van der Waals surface area contributed by atoms with Crippen LogP contribution in [0.2, 0.25) is 0 Å². The molecule has 0 heterocycles. The summed E-state index contributed by atoms with van der Waals surface area (Å²) in [7, 11) is -3.29. The number of nitrogens with one attached hydrogen (secondary N) is 1. The molecule has 1 fully saturated rings. The molecule has 0 aliphatic heterocycles. The van der Waals surface area contributed by atoms with Crippen LogP contribution in [0.15, 0.2) is 0 Å². The summed E-state index contributed by atoms with van der Waals surface area (Å²) in [6.45, 7) is 4.77. The Bertz CT molecular complexity index is 259. The molecule has 12 heavy (non-hydrogen) atoms. The molecule has 1 aliphatic carbocycles. The van der Waals surface area contributed by atoms with Crippen LogP contribution in [-0.2, 0) is 10.0 Å². The Morgan fingerprint density at radius 2 is 2.08 bits per heavy atom. The Morgan fingerprint density at radius 3 is 2.42 bits per heavy atom. The maximum Gasteiger partial charge on any atom is 0.210 e. The van der Waals surface area contributed by atoms with E-state index in [-0.39, 0.29) is 5.75 Å². The van der Waals surface area contributed by atoms with Crippen molar-refractivity contribution < 1.29 is 8.42 Å². The molecule has 0 radical (unpaired) electrons. The molecule has 0 aromatic carbocycles. The van der Waals surface area contributed by atoms with E-state index in [1.54, 1.807) is 0 Å². The van der Waals surface area contributed by atoms with Crippen molar-refractivity contribution in [1.82, 2.24) is 5.32 Å². The molecule has 1 unspecified atom stereocenters. The molecule has 0 spiro atoms. The van der Waals surface area contributed by atoms with E-state index in [0.717, 1.165) is 6.42 Å². The molecule has 0 saturated heterocycles. The third-order valence-corrected chi connectivity index (χ3v) is 3.06. The molecule has 1 atom stereocenters. The van der Waals surface area contributed by atoms with Gasteiger partial charge in [-0.1, -0.05) is 13.8 Å². The first kappa shape index (κ1) is 9.95. The summed E-state index contributed by atoms with van der Waals surface area (Å²) < 4.78 is 21.1. The second-order valence-corrected chi connectivity index (χ2v) is 5.80. The van der Waals surface area contributed by atoms with Crippen molar-refractivity contribution >= 4 is 10.0 Å². The molecule has 0 aromatic heterocycles. The zero-order chi connectivity index (χ0) is 9.41. The minimum absolute atomic E-state index is 0.0274. The molecular formula is C7H16N2O2S. The number of hydrogen-bond acceptors (Lipinski definition) is 3. The van der Waals surface area contributed by atoms with E-state index in [9.17, 15) is 8.42 Å². The molecular weight excluding hydrogens is 176 g/mol. The van der Waals surface area contributed by atoms with Crippen LogP contribution in [0, 0.1) is 5.41 Å². The Morgan fingerprint density at radius 1 is 1.58 bits per heavy atom. The SMILES string of the molecule is CC1(C)CC1NCCS(N)(=O)=O. The van der Waals surface area contributed by atoms with E-state index in [4.69, 9.17) is 5.14 Å². The Kier molecular flexibility index (Phi) is 2.47. The number of hydrogen-bond donors (Lipinski definition) is 2. The fourth-order valence-corrected chi connectivity index (χ4v) is 1.59. The van der Waals surface area contributed by atoms with Gasteiger partial charge in [-0.3, -0.25) is 0 Å². The highest BCUT2D eigenvalue weighted by Gasteiger charge is 2.44. The first-order chi connectivity index (χ1) is 5.31. The number of rotatable bonds is 4. The van der Waals surface area contributed by atoms with Gasteiger partial charge in [0.05, 0.1) is 5.75 Å². The molecule has 72 valence electrons. The Hall–Kier alpha value is -0.130. The molecule has 5 heteroatoms. The second-order valence-electron chi connectivity index (χ2n) is 4.07. The normalized spacial score (nSPS) is 27.1. The first-order valence-electron chi connectivity index (χ1n) is 4.05. The second kappa shape index (κ2) is 2.97. The van der Waals surface area contributed by atoms with Crippen molar-refractivity contribution in [1.29, 1.82) is 0 Å². The van der Waals surface area contributed by atoms with Crippen LogP contribution in [0.25, 0.3) is 0 Å². The predicted octanol–water partition coefficient (Wildman–Crippen LogP) is -0.337. The minimum Gasteiger partial charge on any atom is -0.312 e. The Balaban J connectivity index is 2.14. The van der Waals surface area contributed by atoms with Gasteiger partial charge in [-0.15, -0.1) is 0 Å². The lowest BCUT2D eigenvalue weighted by Gasteiger charge is -2.04. The van der Waals surface area contributed by atoms with E-state index < -0.39 is 10.0 Å². The maximum absolute atomic E-state index is 10.5. The fraction of sp³-hybridized carbons (Fsp3) is 1.00. The van der Waals surface area contributed by atoms with E-state index in [0.29, 0.717) is 18.0 Å². The average molecular weight is 192 g/mol. The van der Waals surface area contributed by atoms with Gasteiger partial charge in [-0.25, -0.2) is 13.6 Å². The number of primary sulfonamides is 1. The topological polar surface area (TPSA) is 72.2 Å². The monoisotopic (exact) mass is 192 g/mol. The highest BCUT2D eigenvalue weighted by Crippen LogP contribution is 2.44. The molecule has 1 aliphatic rings. The Labute approximate surface area is 73.6 Å². The number of sulfonamides is 1. The summed E-state index contributed by atoms with van der Waals surface area (Å²) in [6.07, 6.45) is 1.12. The number of nitrogens with two attached hydrogens (primary N) is 1. The van der Waals surface area contributed by atoms with Gasteiger partial charge in [-0.2, -0.15) is 0 Å². The largest absolute Gasteiger partial charge is 0.312 e. The van der Waals surface area contributed by atoms with Crippen molar-refractivity contribution in [2.75, 3.05) is 12.3 Å². The lowest BCUT2D eigenvalue weighted by molar-refractivity contribution is 0.548.